The number of hydrogen-bond donors (Lipinski definition) is 2. The zero-order valence-electron chi connectivity index (χ0n) is 12.5. The Morgan fingerprint density at radius 1 is 1.46 bits per heavy atom. The minimum Gasteiger partial charge on any atom is -0.463 e. The number of nitrogen functional groups attached to an aromatic ring is 1. The molecule has 0 atom stereocenters. The van der Waals surface area contributed by atoms with Crippen molar-refractivity contribution in [2.45, 2.75) is 13.0 Å². The second kappa shape index (κ2) is 6.96. The Hall–Kier alpha value is -3.14. The van der Waals surface area contributed by atoms with Crippen LogP contribution >= 0.6 is 11.3 Å². The normalized spacial score (nSPS) is 11.2. The Bertz CT molecular complexity index is 892. The molecule has 0 saturated carbocycles. The lowest BCUT2D eigenvalue weighted by atomic mass is 10.3. The number of rotatable bonds is 6. The summed E-state index contributed by atoms with van der Waals surface area (Å²) in [6.07, 6.45) is 3.27. The largest absolute Gasteiger partial charge is 0.463 e. The predicted octanol–water partition coefficient (Wildman–Crippen LogP) is 0.154. The number of carbonyl (C=O) groups is 1. The highest BCUT2D eigenvalue weighted by Crippen LogP contribution is 2.11. The number of nitrogens with two attached hydrogens (primary N) is 1. The van der Waals surface area contributed by atoms with E-state index in [-0.39, 0.29) is 6.54 Å². The van der Waals surface area contributed by atoms with E-state index in [4.69, 9.17) is 10.3 Å². The first-order valence-electron chi connectivity index (χ1n) is 6.95. The Balaban J connectivity index is 1.64. The third-order valence-corrected chi connectivity index (χ3v) is 3.95. The minimum absolute atomic E-state index is 0.282. The summed E-state index contributed by atoms with van der Waals surface area (Å²) >= 11 is 1.54. The Labute approximate surface area is 140 Å². The number of hydrazone groups is 1. The number of aromatic nitrogens is 3. The predicted molar refractivity (Wildman–Crippen MR) is 88.2 cm³/mol. The Morgan fingerprint density at radius 3 is 3.04 bits per heavy atom. The highest BCUT2D eigenvalue weighted by atomic mass is 32.1. The Morgan fingerprint density at radius 2 is 2.33 bits per heavy atom. The summed E-state index contributed by atoms with van der Waals surface area (Å²) in [5.41, 5.74) is 1.73. The van der Waals surface area contributed by atoms with Gasteiger partial charge in [0.05, 0.1) is 12.5 Å². The van der Waals surface area contributed by atoms with Crippen molar-refractivity contribution < 1.29 is 9.21 Å². The van der Waals surface area contributed by atoms with Gasteiger partial charge in [-0.1, -0.05) is 6.07 Å². The van der Waals surface area contributed by atoms with Crippen LogP contribution in [0.1, 0.15) is 16.5 Å². The summed E-state index contributed by atoms with van der Waals surface area (Å²) < 4.78 is 6.98. The molecule has 0 spiro atoms. The zero-order chi connectivity index (χ0) is 16.9. The smallest absolute Gasteiger partial charge is 0.365 e. The Kier molecular flexibility index (Phi) is 4.57. The molecule has 124 valence electrons. The van der Waals surface area contributed by atoms with Crippen LogP contribution in [0.4, 0.5) is 0 Å². The summed E-state index contributed by atoms with van der Waals surface area (Å²) in [7, 11) is 0. The number of nitrogens with zero attached hydrogens (tertiary/aromatic N) is 4. The van der Waals surface area contributed by atoms with Crippen LogP contribution in [0.25, 0.3) is 0 Å². The van der Waals surface area contributed by atoms with Crippen LogP contribution in [0, 0.1) is 0 Å². The standard InChI is InChI=1S/C14H14N6O3S/c15-20-12(7-11-4-2-6-24-11)18-19(14(20)22)9-13(21)17-16-8-10-3-1-5-23-10/h1-6,8H,7,9,15H2,(H,17,21)/b16-8+. The molecule has 0 fully saturated rings. The second-order valence-corrected chi connectivity index (χ2v) is 5.82. The van der Waals surface area contributed by atoms with E-state index in [0.717, 1.165) is 14.2 Å². The van der Waals surface area contributed by atoms with E-state index in [1.807, 2.05) is 17.5 Å². The summed E-state index contributed by atoms with van der Waals surface area (Å²) in [5, 5.41) is 9.76. The molecule has 3 aromatic heterocycles. The summed E-state index contributed by atoms with van der Waals surface area (Å²) in [6.45, 7) is -0.282. The molecular weight excluding hydrogens is 332 g/mol. The number of thiophene rings is 1. The molecule has 3 heterocycles. The number of furan rings is 1. The number of carbonyl (C=O) groups excluding carboxylic acids is 1. The van der Waals surface area contributed by atoms with Gasteiger partial charge in [0, 0.05) is 11.3 Å². The van der Waals surface area contributed by atoms with E-state index in [2.05, 4.69) is 15.6 Å². The third-order valence-electron chi connectivity index (χ3n) is 3.07. The molecule has 0 aliphatic carbocycles. The molecule has 0 bridgehead atoms. The van der Waals surface area contributed by atoms with E-state index in [1.54, 1.807) is 12.1 Å². The van der Waals surface area contributed by atoms with Crippen LogP contribution < -0.4 is 17.0 Å². The fraction of sp³-hybridized carbons (Fsp3) is 0.143. The molecule has 3 aromatic rings. The van der Waals surface area contributed by atoms with E-state index in [9.17, 15) is 9.59 Å². The topological polar surface area (TPSA) is 120 Å². The summed E-state index contributed by atoms with van der Waals surface area (Å²) in [6, 6.07) is 7.21. The molecule has 24 heavy (non-hydrogen) atoms. The lowest BCUT2D eigenvalue weighted by Crippen LogP contribution is -2.34. The van der Waals surface area contributed by atoms with E-state index in [1.165, 1.54) is 23.8 Å². The van der Waals surface area contributed by atoms with Crippen LogP contribution in [-0.2, 0) is 17.8 Å². The van der Waals surface area contributed by atoms with Gasteiger partial charge in [0.1, 0.15) is 12.3 Å². The maximum absolute atomic E-state index is 12.0. The first kappa shape index (κ1) is 15.7. The maximum atomic E-state index is 12.0. The van der Waals surface area contributed by atoms with Gasteiger partial charge < -0.3 is 10.3 Å². The van der Waals surface area contributed by atoms with Crippen molar-refractivity contribution in [3.05, 3.63) is 62.9 Å². The van der Waals surface area contributed by atoms with Crippen molar-refractivity contribution in [1.82, 2.24) is 19.9 Å². The van der Waals surface area contributed by atoms with Crippen molar-refractivity contribution in [2.75, 3.05) is 5.84 Å². The molecular formula is C14H14N6O3S. The van der Waals surface area contributed by atoms with Crippen LogP contribution in [0.15, 0.2) is 50.2 Å². The van der Waals surface area contributed by atoms with E-state index < -0.39 is 11.6 Å². The fourth-order valence-electron chi connectivity index (χ4n) is 1.96. The minimum atomic E-state index is -0.563. The maximum Gasteiger partial charge on any atom is 0.365 e. The molecule has 0 radical (unpaired) electrons. The summed E-state index contributed by atoms with van der Waals surface area (Å²) in [4.78, 5) is 24.9. The highest BCUT2D eigenvalue weighted by Gasteiger charge is 2.14. The van der Waals surface area contributed by atoms with Crippen LogP contribution in [0.2, 0.25) is 0 Å². The van der Waals surface area contributed by atoms with Gasteiger partial charge >= 0.3 is 5.69 Å². The summed E-state index contributed by atoms with van der Waals surface area (Å²) in [5.74, 6) is 6.09. The fourth-order valence-corrected chi connectivity index (χ4v) is 2.66. The van der Waals surface area contributed by atoms with Gasteiger partial charge in [-0.15, -0.1) is 11.3 Å². The van der Waals surface area contributed by atoms with Gasteiger partial charge in [0.25, 0.3) is 5.91 Å². The SMILES string of the molecule is Nn1c(Cc2cccs2)nn(CC(=O)N/N=C/c2ccco2)c1=O. The number of hydrogen-bond acceptors (Lipinski definition) is 7. The molecule has 0 saturated heterocycles. The van der Waals surface area contributed by atoms with Gasteiger partial charge in [0.2, 0.25) is 0 Å². The molecule has 9 nitrogen and oxygen atoms in total. The lowest BCUT2D eigenvalue weighted by Gasteiger charge is -1.98. The average Bonchev–Trinajstić information content (AvgIpc) is 3.29. The van der Waals surface area contributed by atoms with E-state index in [0.29, 0.717) is 18.0 Å². The quantitative estimate of drug-likeness (QED) is 0.374. The number of nitrogens with one attached hydrogen (secondary N) is 1. The molecule has 0 aromatic carbocycles. The molecule has 3 N–H and O–H groups in total. The average molecular weight is 346 g/mol. The van der Waals surface area contributed by atoms with Crippen molar-refractivity contribution in [2.24, 2.45) is 5.10 Å². The van der Waals surface area contributed by atoms with Gasteiger partial charge in [-0.3, -0.25) is 4.79 Å². The van der Waals surface area contributed by atoms with Gasteiger partial charge in [-0.2, -0.15) is 14.9 Å². The molecule has 1 amide bonds. The second-order valence-electron chi connectivity index (χ2n) is 4.79. The van der Waals surface area contributed by atoms with Gasteiger partial charge in [-0.25, -0.2) is 14.9 Å². The molecule has 0 aliphatic rings. The van der Waals surface area contributed by atoms with E-state index >= 15 is 0 Å². The zero-order valence-corrected chi connectivity index (χ0v) is 13.3. The molecule has 3 rings (SSSR count). The van der Waals surface area contributed by atoms with Gasteiger partial charge in [-0.05, 0) is 23.6 Å². The van der Waals surface area contributed by atoms with Crippen LogP contribution in [-0.4, -0.2) is 26.6 Å². The first-order chi connectivity index (χ1) is 11.6. The van der Waals surface area contributed by atoms with Crippen molar-refractivity contribution in [3.8, 4) is 0 Å². The number of amides is 1. The van der Waals surface area contributed by atoms with Crippen LogP contribution in [0.3, 0.4) is 0 Å². The van der Waals surface area contributed by atoms with Crippen molar-refractivity contribution in [1.29, 1.82) is 0 Å². The lowest BCUT2D eigenvalue weighted by molar-refractivity contribution is -0.121. The van der Waals surface area contributed by atoms with Crippen molar-refractivity contribution in [3.63, 3.8) is 0 Å². The highest BCUT2D eigenvalue weighted by molar-refractivity contribution is 7.09. The molecule has 0 unspecified atom stereocenters. The van der Waals surface area contributed by atoms with Crippen LogP contribution in [0.5, 0.6) is 0 Å². The molecule has 0 aliphatic heterocycles. The monoisotopic (exact) mass is 346 g/mol. The first-order valence-corrected chi connectivity index (χ1v) is 7.83. The third kappa shape index (κ3) is 3.60. The van der Waals surface area contributed by atoms with Gasteiger partial charge in [0.15, 0.2) is 5.82 Å². The van der Waals surface area contributed by atoms with Crippen molar-refractivity contribution >= 4 is 23.5 Å². The molecule has 10 heteroatoms.